The van der Waals surface area contributed by atoms with Crippen LogP contribution in [0.25, 0.3) is 0 Å². The lowest BCUT2D eigenvalue weighted by atomic mass is 9.48. The van der Waals surface area contributed by atoms with Crippen molar-refractivity contribution in [2.24, 2.45) is 17.3 Å². The fourth-order valence-corrected chi connectivity index (χ4v) is 5.00. The molecule has 0 aliphatic heterocycles. The first kappa shape index (κ1) is 10.1. The van der Waals surface area contributed by atoms with Gasteiger partial charge in [-0.05, 0) is 62.3 Å². The lowest BCUT2D eigenvalue weighted by Gasteiger charge is -2.60. The van der Waals surface area contributed by atoms with Gasteiger partial charge in [0.25, 0.3) is 0 Å². The Labute approximate surface area is 92.4 Å². The number of rotatable bonds is 3. The molecule has 4 bridgehead atoms. The number of aliphatic hydroxyl groups is 1. The maximum Gasteiger partial charge on any atom is 0.0658 e. The second-order valence-corrected chi connectivity index (χ2v) is 6.47. The summed E-state index contributed by atoms with van der Waals surface area (Å²) in [5, 5.41) is 14.1. The molecule has 4 saturated carbocycles. The van der Waals surface area contributed by atoms with Crippen molar-refractivity contribution in [3.8, 4) is 0 Å². The van der Waals surface area contributed by atoms with Gasteiger partial charge in [0.1, 0.15) is 0 Å². The van der Waals surface area contributed by atoms with E-state index < -0.39 is 0 Å². The van der Waals surface area contributed by atoms with Crippen molar-refractivity contribution in [1.82, 2.24) is 5.32 Å². The first-order valence-corrected chi connectivity index (χ1v) is 6.56. The predicted octanol–water partition coefficient (Wildman–Crippen LogP) is 1.93. The molecule has 0 amide bonds. The van der Waals surface area contributed by atoms with Crippen LogP contribution in [-0.4, -0.2) is 23.8 Å². The van der Waals surface area contributed by atoms with Gasteiger partial charge in [-0.2, -0.15) is 0 Å². The molecule has 2 heteroatoms. The Bertz CT molecular complexity index is 249. The van der Waals surface area contributed by atoms with Gasteiger partial charge >= 0.3 is 0 Å². The maximum atomic E-state index is 10.5. The van der Waals surface area contributed by atoms with Gasteiger partial charge in [-0.1, -0.05) is 6.92 Å². The molecular weight excluding hydrogens is 186 g/mol. The second kappa shape index (κ2) is 3.21. The van der Waals surface area contributed by atoms with Crippen molar-refractivity contribution < 1.29 is 5.11 Å². The fraction of sp³-hybridized carbons (Fsp3) is 1.00. The summed E-state index contributed by atoms with van der Waals surface area (Å²) in [6.45, 7) is 4.38. The normalized spacial score (nSPS) is 52.4. The smallest absolute Gasteiger partial charge is 0.0658 e. The molecule has 0 aromatic carbocycles. The standard InChI is InChI=1S/C13H23NO/c1-2-14-9-12-4-10-3-11(5-12)7-13(15,6-10)8-12/h10-11,14-15H,2-9H2,1H3. The summed E-state index contributed by atoms with van der Waals surface area (Å²) in [7, 11) is 0. The molecule has 0 saturated heterocycles. The molecule has 4 rings (SSSR count). The molecule has 4 aliphatic carbocycles. The Kier molecular flexibility index (Phi) is 2.16. The summed E-state index contributed by atoms with van der Waals surface area (Å²) in [4.78, 5) is 0. The lowest BCUT2D eigenvalue weighted by molar-refractivity contribution is -0.162. The minimum Gasteiger partial charge on any atom is -0.390 e. The Balaban J connectivity index is 1.80. The van der Waals surface area contributed by atoms with Crippen molar-refractivity contribution in [1.29, 1.82) is 0 Å². The third kappa shape index (κ3) is 1.62. The monoisotopic (exact) mass is 209 g/mol. The van der Waals surface area contributed by atoms with E-state index in [1.807, 2.05) is 0 Å². The highest BCUT2D eigenvalue weighted by Crippen LogP contribution is 2.61. The van der Waals surface area contributed by atoms with Crippen LogP contribution in [0.3, 0.4) is 0 Å². The number of nitrogens with one attached hydrogen (secondary N) is 1. The van der Waals surface area contributed by atoms with E-state index in [1.165, 1.54) is 19.3 Å². The van der Waals surface area contributed by atoms with Crippen LogP contribution in [0.5, 0.6) is 0 Å². The molecule has 15 heavy (non-hydrogen) atoms. The third-order valence-corrected chi connectivity index (χ3v) is 4.90. The van der Waals surface area contributed by atoms with E-state index in [2.05, 4.69) is 12.2 Å². The second-order valence-electron chi connectivity index (χ2n) is 6.47. The third-order valence-electron chi connectivity index (χ3n) is 4.90. The average Bonchev–Trinajstić information content (AvgIpc) is 2.10. The van der Waals surface area contributed by atoms with Gasteiger partial charge in [-0.15, -0.1) is 0 Å². The SMILES string of the molecule is CCNCC12CC3CC(CC(O)(C3)C1)C2. The highest BCUT2D eigenvalue weighted by molar-refractivity contribution is 5.08. The van der Waals surface area contributed by atoms with Crippen molar-refractivity contribution >= 4 is 0 Å². The van der Waals surface area contributed by atoms with E-state index in [0.29, 0.717) is 5.41 Å². The van der Waals surface area contributed by atoms with Gasteiger partial charge in [0.05, 0.1) is 5.60 Å². The van der Waals surface area contributed by atoms with E-state index in [-0.39, 0.29) is 5.60 Å². The largest absolute Gasteiger partial charge is 0.390 e. The first-order chi connectivity index (χ1) is 7.13. The van der Waals surface area contributed by atoms with Gasteiger partial charge in [-0.3, -0.25) is 0 Å². The molecule has 0 radical (unpaired) electrons. The van der Waals surface area contributed by atoms with E-state index in [4.69, 9.17) is 0 Å². The molecule has 0 aromatic heterocycles. The van der Waals surface area contributed by atoms with Crippen LogP contribution in [-0.2, 0) is 0 Å². The van der Waals surface area contributed by atoms with Crippen molar-refractivity contribution in [2.75, 3.05) is 13.1 Å². The average molecular weight is 209 g/mol. The summed E-state index contributed by atoms with van der Waals surface area (Å²) in [5.41, 5.74) is 0.175. The van der Waals surface area contributed by atoms with Gasteiger partial charge in [0, 0.05) is 6.54 Å². The summed E-state index contributed by atoms with van der Waals surface area (Å²) in [6.07, 6.45) is 7.41. The number of hydrogen-bond donors (Lipinski definition) is 2. The van der Waals surface area contributed by atoms with Crippen molar-refractivity contribution in [3.05, 3.63) is 0 Å². The van der Waals surface area contributed by atoms with Crippen LogP contribution in [0.2, 0.25) is 0 Å². The van der Waals surface area contributed by atoms with Gasteiger partial charge in [0.15, 0.2) is 0 Å². The lowest BCUT2D eigenvalue weighted by Crippen LogP contribution is -2.58. The van der Waals surface area contributed by atoms with Crippen molar-refractivity contribution in [2.45, 2.75) is 51.0 Å². The molecule has 2 nitrogen and oxygen atoms in total. The van der Waals surface area contributed by atoms with Gasteiger partial charge in [0.2, 0.25) is 0 Å². The molecular formula is C13H23NO. The van der Waals surface area contributed by atoms with E-state index >= 15 is 0 Å². The summed E-state index contributed by atoms with van der Waals surface area (Å²) < 4.78 is 0. The molecule has 4 fully saturated rings. The quantitative estimate of drug-likeness (QED) is 0.744. The maximum absolute atomic E-state index is 10.5. The van der Waals surface area contributed by atoms with Gasteiger partial charge < -0.3 is 10.4 Å². The zero-order valence-electron chi connectivity index (χ0n) is 9.76. The zero-order chi connectivity index (χ0) is 10.5. The summed E-state index contributed by atoms with van der Waals surface area (Å²) in [6, 6.07) is 0. The van der Waals surface area contributed by atoms with Crippen LogP contribution in [0.1, 0.15) is 45.4 Å². The minimum atomic E-state index is -0.278. The van der Waals surface area contributed by atoms with Crippen LogP contribution in [0.15, 0.2) is 0 Å². The minimum absolute atomic E-state index is 0.278. The molecule has 0 heterocycles. The van der Waals surface area contributed by atoms with Crippen LogP contribution in [0, 0.1) is 17.3 Å². The topological polar surface area (TPSA) is 32.3 Å². The summed E-state index contributed by atoms with van der Waals surface area (Å²) in [5.74, 6) is 1.66. The molecule has 0 aromatic rings. The van der Waals surface area contributed by atoms with Crippen LogP contribution >= 0.6 is 0 Å². The molecule has 2 atom stereocenters. The van der Waals surface area contributed by atoms with Crippen molar-refractivity contribution in [3.63, 3.8) is 0 Å². The highest BCUT2D eigenvalue weighted by Gasteiger charge is 2.56. The Morgan fingerprint density at radius 3 is 2.40 bits per heavy atom. The summed E-state index contributed by atoms with van der Waals surface area (Å²) >= 11 is 0. The van der Waals surface area contributed by atoms with Crippen LogP contribution < -0.4 is 5.32 Å². The number of hydrogen-bond acceptors (Lipinski definition) is 2. The Morgan fingerprint density at radius 2 is 1.87 bits per heavy atom. The van der Waals surface area contributed by atoms with Crippen LogP contribution in [0.4, 0.5) is 0 Å². The first-order valence-electron chi connectivity index (χ1n) is 6.56. The Morgan fingerprint density at radius 1 is 1.20 bits per heavy atom. The zero-order valence-corrected chi connectivity index (χ0v) is 9.76. The highest BCUT2D eigenvalue weighted by atomic mass is 16.3. The molecule has 0 spiro atoms. The molecule has 86 valence electrons. The Hall–Kier alpha value is -0.0800. The predicted molar refractivity (Wildman–Crippen MR) is 60.6 cm³/mol. The van der Waals surface area contributed by atoms with E-state index in [9.17, 15) is 5.11 Å². The molecule has 2 N–H and O–H groups in total. The fourth-order valence-electron chi connectivity index (χ4n) is 5.00. The van der Waals surface area contributed by atoms with Gasteiger partial charge in [-0.25, -0.2) is 0 Å². The van der Waals surface area contributed by atoms with E-state index in [0.717, 1.165) is 44.2 Å². The van der Waals surface area contributed by atoms with E-state index in [1.54, 1.807) is 0 Å². The molecule has 4 aliphatic rings. The molecule has 2 unspecified atom stereocenters.